The van der Waals surface area contributed by atoms with Gasteiger partial charge in [-0.25, -0.2) is 13.5 Å². The number of aliphatic hydroxyl groups excluding tert-OH is 1. The minimum Gasteiger partial charge on any atom is -0.396 e. The van der Waals surface area contributed by atoms with Gasteiger partial charge in [0.25, 0.3) is 5.91 Å². The monoisotopic (exact) mass is 351 g/mol. The Morgan fingerprint density at radius 2 is 2.00 bits per heavy atom. The number of hydrogen-bond acceptors (Lipinski definition) is 3. The SMILES string of the molecule is CC(CO)CNC(=O)c1cc(C(C)(C)C)n(-c2ccc(F)cc2F)n1. The molecule has 25 heavy (non-hydrogen) atoms. The van der Waals surface area contributed by atoms with E-state index >= 15 is 0 Å². The molecule has 2 rings (SSSR count). The fraction of sp³-hybridized carbons (Fsp3) is 0.444. The molecule has 2 aromatic rings. The van der Waals surface area contributed by atoms with Gasteiger partial charge in [-0.15, -0.1) is 0 Å². The van der Waals surface area contributed by atoms with Gasteiger partial charge in [0.1, 0.15) is 11.5 Å². The van der Waals surface area contributed by atoms with Crippen molar-refractivity contribution in [2.45, 2.75) is 33.1 Å². The molecule has 136 valence electrons. The summed E-state index contributed by atoms with van der Waals surface area (Å²) < 4.78 is 28.7. The van der Waals surface area contributed by atoms with Gasteiger partial charge >= 0.3 is 0 Å². The molecule has 7 heteroatoms. The topological polar surface area (TPSA) is 67.2 Å². The van der Waals surface area contributed by atoms with E-state index in [4.69, 9.17) is 5.11 Å². The van der Waals surface area contributed by atoms with Crippen LogP contribution in [0.3, 0.4) is 0 Å². The molecule has 0 radical (unpaired) electrons. The summed E-state index contributed by atoms with van der Waals surface area (Å²) in [5.74, 6) is -1.93. The molecule has 2 N–H and O–H groups in total. The number of amides is 1. The highest BCUT2D eigenvalue weighted by Gasteiger charge is 2.25. The Morgan fingerprint density at radius 3 is 2.56 bits per heavy atom. The molecule has 0 aliphatic carbocycles. The molecule has 0 aliphatic rings. The second kappa shape index (κ2) is 7.31. The number of rotatable bonds is 5. The Kier molecular flexibility index (Phi) is 5.57. The van der Waals surface area contributed by atoms with E-state index < -0.39 is 23.0 Å². The van der Waals surface area contributed by atoms with Crippen molar-refractivity contribution < 1.29 is 18.7 Å². The van der Waals surface area contributed by atoms with Gasteiger partial charge < -0.3 is 10.4 Å². The normalized spacial score (nSPS) is 12.9. The lowest BCUT2D eigenvalue weighted by molar-refractivity contribution is 0.0937. The summed E-state index contributed by atoms with van der Waals surface area (Å²) in [6, 6.07) is 4.82. The van der Waals surface area contributed by atoms with Crippen LogP contribution in [0.2, 0.25) is 0 Å². The van der Waals surface area contributed by atoms with Crippen molar-refractivity contribution >= 4 is 5.91 Å². The number of benzene rings is 1. The summed E-state index contributed by atoms with van der Waals surface area (Å²) in [5.41, 5.74) is 0.427. The van der Waals surface area contributed by atoms with E-state index in [1.807, 2.05) is 20.8 Å². The minimum absolute atomic E-state index is 0.0389. The molecule has 0 spiro atoms. The summed E-state index contributed by atoms with van der Waals surface area (Å²) in [4.78, 5) is 12.3. The van der Waals surface area contributed by atoms with Crippen LogP contribution in [0.1, 0.15) is 43.9 Å². The molecule has 0 saturated carbocycles. The molecule has 1 amide bonds. The zero-order valence-electron chi connectivity index (χ0n) is 14.8. The zero-order valence-corrected chi connectivity index (χ0v) is 14.8. The van der Waals surface area contributed by atoms with Crippen molar-refractivity contribution in [2.24, 2.45) is 5.92 Å². The molecule has 1 heterocycles. The average Bonchev–Trinajstić information content (AvgIpc) is 2.97. The summed E-state index contributed by atoms with van der Waals surface area (Å²) in [5, 5.41) is 15.9. The summed E-state index contributed by atoms with van der Waals surface area (Å²) in [7, 11) is 0. The number of nitrogens with zero attached hydrogens (tertiary/aromatic N) is 2. The maximum absolute atomic E-state index is 14.2. The molecule has 1 unspecified atom stereocenters. The predicted octanol–water partition coefficient (Wildman–Crippen LogP) is 2.81. The fourth-order valence-electron chi connectivity index (χ4n) is 2.28. The van der Waals surface area contributed by atoms with Gasteiger partial charge in [0.05, 0.1) is 5.69 Å². The lowest BCUT2D eigenvalue weighted by Gasteiger charge is -2.20. The van der Waals surface area contributed by atoms with Crippen LogP contribution in [0.15, 0.2) is 24.3 Å². The predicted molar refractivity (Wildman–Crippen MR) is 90.8 cm³/mol. The van der Waals surface area contributed by atoms with E-state index in [-0.39, 0.29) is 23.9 Å². The number of nitrogens with one attached hydrogen (secondary N) is 1. The lowest BCUT2D eigenvalue weighted by atomic mass is 9.91. The summed E-state index contributed by atoms with van der Waals surface area (Å²) in [6.45, 7) is 7.81. The van der Waals surface area contributed by atoms with Crippen molar-refractivity contribution in [3.63, 3.8) is 0 Å². The third kappa shape index (κ3) is 4.42. The van der Waals surface area contributed by atoms with Crippen LogP contribution >= 0.6 is 0 Å². The van der Waals surface area contributed by atoms with Crippen LogP contribution in [0, 0.1) is 17.6 Å². The van der Waals surface area contributed by atoms with E-state index in [1.54, 1.807) is 13.0 Å². The third-order valence-corrected chi connectivity index (χ3v) is 3.77. The standard InChI is InChI=1S/C18H23F2N3O2/c1-11(10-24)9-21-17(25)14-8-16(18(2,3)4)23(22-14)15-6-5-12(19)7-13(15)20/h5-8,11,24H,9-10H2,1-4H3,(H,21,25). The van der Waals surface area contributed by atoms with Gasteiger partial charge in [0.2, 0.25) is 0 Å². The first-order valence-corrected chi connectivity index (χ1v) is 8.08. The first kappa shape index (κ1) is 19.1. The molecule has 0 bridgehead atoms. The second-order valence-corrected chi connectivity index (χ2v) is 7.17. The van der Waals surface area contributed by atoms with Crippen LogP contribution in [0.4, 0.5) is 8.78 Å². The van der Waals surface area contributed by atoms with Crippen molar-refractivity contribution in [2.75, 3.05) is 13.2 Å². The number of aliphatic hydroxyl groups is 1. The van der Waals surface area contributed by atoms with Crippen molar-refractivity contribution in [3.8, 4) is 5.69 Å². The average molecular weight is 351 g/mol. The smallest absolute Gasteiger partial charge is 0.271 e. The Morgan fingerprint density at radius 1 is 1.32 bits per heavy atom. The van der Waals surface area contributed by atoms with E-state index in [9.17, 15) is 13.6 Å². The van der Waals surface area contributed by atoms with Gasteiger partial charge in [-0.2, -0.15) is 5.10 Å². The quantitative estimate of drug-likeness (QED) is 0.870. The second-order valence-electron chi connectivity index (χ2n) is 7.17. The van der Waals surface area contributed by atoms with E-state index in [2.05, 4.69) is 10.4 Å². The zero-order chi connectivity index (χ0) is 18.8. The third-order valence-electron chi connectivity index (χ3n) is 3.77. The van der Waals surface area contributed by atoms with E-state index in [1.165, 1.54) is 10.7 Å². The fourth-order valence-corrected chi connectivity index (χ4v) is 2.28. The van der Waals surface area contributed by atoms with Crippen molar-refractivity contribution in [1.29, 1.82) is 0 Å². The number of halogens is 2. The molecule has 1 atom stereocenters. The Hall–Kier alpha value is -2.28. The Balaban J connectivity index is 2.42. The van der Waals surface area contributed by atoms with Gasteiger partial charge in [0.15, 0.2) is 11.5 Å². The molecule has 0 fully saturated rings. The van der Waals surface area contributed by atoms with E-state index in [0.717, 1.165) is 12.1 Å². The van der Waals surface area contributed by atoms with Crippen molar-refractivity contribution in [1.82, 2.24) is 15.1 Å². The maximum atomic E-state index is 14.2. The maximum Gasteiger partial charge on any atom is 0.271 e. The first-order chi connectivity index (χ1) is 11.6. The molecule has 1 aromatic heterocycles. The molecule has 0 saturated heterocycles. The number of hydrogen-bond donors (Lipinski definition) is 2. The molecule has 1 aromatic carbocycles. The highest BCUT2D eigenvalue weighted by atomic mass is 19.1. The molecule has 5 nitrogen and oxygen atoms in total. The first-order valence-electron chi connectivity index (χ1n) is 8.08. The largest absolute Gasteiger partial charge is 0.396 e. The van der Waals surface area contributed by atoms with Gasteiger partial charge in [-0.05, 0) is 24.1 Å². The number of carbonyl (C=O) groups is 1. The van der Waals surface area contributed by atoms with Crippen LogP contribution in [0.5, 0.6) is 0 Å². The minimum atomic E-state index is -0.755. The summed E-state index contributed by atoms with van der Waals surface area (Å²) >= 11 is 0. The Labute approximate surface area is 145 Å². The van der Waals surface area contributed by atoms with E-state index in [0.29, 0.717) is 12.2 Å². The number of aromatic nitrogens is 2. The van der Waals surface area contributed by atoms with Gasteiger partial charge in [-0.1, -0.05) is 27.7 Å². The highest BCUT2D eigenvalue weighted by molar-refractivity contribution is 5.92. The van der Waals surface area contributed by atoms with Crippen LogP contribution in [-0.2, 0) is 5.41 Å². The Bertz CT molecular complexity index is 766. The highest BCUT2D eigenvalue weighted by Crippen LogP contribution is 2.27. The van der Waals surface area contributed by atoms with Crippen LogP contribution < -0.4 is 5.32 Å². The summed E-state index contributed by atoms with van der Waals surface area (Å²) in [6.07, 6.45) is 0. The molecular formula is C18H23F2N3O2. The lowest BCUT2D eigenvalue weighted by Crippen LogP contribution is -2.29. The van der Waals surface area contributed by atoms with Crippen LogP contribution in [0.25, 0.3) is 5.69 Å². The number of carbonyl (C=O) groups excluding carboxylic acids is 1. The molecular weight excluding hydrogens is 328 g/mol. The van der Waals surface area contributed by atoms with Gasteiger partial charge in [-0.3, -0.25) is 4.79 Å². The van der Waals surface area contributed by atoms with Crippen LogP contribution in [-0.4, -0.2) is 33.9 Å². The van der Waals surface area contributed by atoms with Crippen molar-refractivity contribution in [3.05, 3.63) is 47.3 Å². The molecule has 0 aliphatic heterocycles. The van der Waals surface area contributed by atoms with Gasteiger partial charge in [0, 0.05) is 24.6 Å².